The van der Waals surface area contributed by atoms with E-state index in [1.807, 2.05) is 0 Å². The summed E-state index contributed by atoms with van der Waals surface area (Å²) in [5, 5.41) is 0. The van der Waals surface area contributed by atoms with Gasteiger partial charge in [0.15, 0.2) is 0 Å². The average molecular weight is 278 g/mol. The summed E-state index contributed by atoms with van der Waals surface area (Å²) in [6, 6.07) is 0. The van der Waals surface area contributed by atoms with Crippen molar-refractivity contribution in [3.05, 3.63) is 0 Å². The van der Waals surface area contributed by atoms with E-state index in [0.717, 1.165) is 12.8 Å². The van der Waals surface area contributed by atoms with Gasteiger partial charge in [0.1, 0.15) is 0 Å². The van der Waals surface area contributed by atoms with Gasteiger partial charge in [-0.2, -0.15) is 8.42 Å². The molecule has 5 heteroatoms. The monoisotopic (exact) mass is 278 g/mol. The summed E-state index contributed by atoms with van der Waals surface area (Å²) in [6.45, 7) is 2.19. The first kappa shape index (κ1) is 17.4. The number of hydrogen-bond acceptors (Lipinski definition) is 4. The van der Waals surface area contributed by atoms with Gasteiger partial charge in [-0.3, -0.25) is 4.79 Å². The Labute approximate surface area is 111 Å². The molecule has 0 rings (SSSR count). The van der Waals surface area contributed by atoms with Crippen LogP contribution in [0, 0.1) is 0 Å². The number of carbonyl (C=O) groups is 1. The zero-order valence-electron chi connectivity index (χ0n) is 11.4. The van der Waals surface area contributed by atoms with Crippen molar-refractivity contribution >= 4 is 16.6 Å². The van der Waals surface area contributed by atoms with Crippen LogP contribution in [-0.2, 0) is 19.1 Å². The lowest BCUT2D eigenvalue weighted by molar-refractivity contribution is -0.120. The third-order valence-corrected chi connectivity index (χ3v) is 4.09. The molecule has 0 bridgehead atoms. The van der Waals surface area contributed by atoms with Gasteiger partial charge in [-0.1, -0.05) is 64.7 Å². The third-order valence-electron chi connectivity index (χ3n) is 2.93. The van der Waals surface area contributed by atoms with E-state index in [4.69, 9.17) is 0 Å². The molecule has 0 saturated heterocycles. The molecule has 18 heavy (non-hydrogen) atoms. The highest BCUT2D eigenvalue weighted by Gasteiger charge is 2.09. The molecule has 0 aliphatic carbocycles. The van der Waals surface area contributed by atoms with Gasteiger partial charge in [0.25, 0.3) is 0 Å². The van der Waals surface area contributed by atoms with Crippen LogP contribution in [0.15, 0.2) is 0 Å². The van der Waals surface area contributed by atoms with E-state index in [1.165, 1.54) is 44.9 Å². The molecule has 0 heterocycles. The minimum absolute atomic E-state index is 0.0222. The third kappa shape index (κ3) is 11.9. The largest absolute Gasteiger partial charge is 0.349 e. The minimum Gasteiger partial charge on any atom is -0.349 e. The average Bonchev–Trinajstić information content (AvgIpc) is 2.31. The van der Waals surface area contributed by atoms with E-state index >= 15 is 0 Å². The maximum atomic E-state index is 11.0. The summed E-state index contributed by atoms with van der Waals surface area (Å²) in [5.41, 5.74) is 0. The van der Waals surface area contributed by atoms with Crippen molar-refractivity contribution < 1.29 is 17.4 Å². The summed E-state index contributed by atoms with van der Waals surface area (Å²) in [4.78, 5) is 9.90. The second-order valence-electron chi connectivity index (χ2n) is 4.64. The Morgan fingerprint density at radius 1 is 0.833 bits per heavy atom. The van der Waals surface area contributed by atoms with Gasteiger partial charge < -0.3 is 4.18 Å². The Bertz CT molecular complexity index is 285. The zero-order chi connectivity index (χ0) is 13.7. The highest BCUT2D eigenvalue weighted by atomic mass is 32.2. The Hall–Kier alpha value is -0.580. The molecule has 0 aromatic heterocycles. The number of hydrogen-bond donors (Lipinski definition) is 0. The molecule has 0 radical (unpaired) electrons. The van der Waals surface area contributed by atoms with Crippen molar-refractivity contribution in [2.75, 3.05) is 5.75 Å². The molecule has 0 fully saturated rings. The molecule has 0 aliphatic rings. The fourth-order valence-corrected chi connectivity index (χ4v) is 2.65. The van der Waals surface area contributed by atoms with Crippen molar-refractivity contribution in [1.82, 2.24) is 0 Å². The summed E-state index contributed by atoms with van der Waals surface area (Å²) in [6.07, 6.45) is 11.5. The van der Waals surface area contributed by atoms with E-state index in [1.54, 1.807) is 0 Å². The molecule has 0 saturated carbocycles. The molecule has 108 valence electrons. The maximum Gasteiger partial charge on any atom is 0.311 e. The standard InChI is InChI=1S/C13H26O4S/c1-2-3-4-5-6-7-8-9-10-11-12-18(15,16)17-13-14/h13H,2-12H2,1H3. The number of unbranched alkanes of at least 4 members (excludes halogenated alkanes) is 9. The fraction of sp³-hybridized carbons (Fsp3) is 0.923. The van der Waals surface area contributed by atoms with Gasteiger partial charge in [0, 0.05) is 0 Å². The molecule has 0 aromatic carbocycles. The van der Waals surface area contributed by atoms with Crippen molar-refractivity contribution in [2.24, 2.45) is 0 Å². The lowest BCUT2D eigenvalue weighted by Crippen LogP contribution is -2.09. The van der Waals surface area contributed by atoms with Crippen LogP contribution >= 0.6 is 0 Å². The van der Waals surface area contributed by atoms with Crippen LogP contribution in [0.1, 0.15) is 71.1 Å². The number of rotatable bonds is 13. The molecule has 0 unspecified atom stereocenters. The fourth-order valence-electron chi connectivity index (χ4n) is 1.87. The Morgan fingerprint density at radius 2 is 1.28 bits per heavy atom. The Morgan fingerprint density at radius 3 is 1.72 bits per heavy atom. The second kappa shape index (κ2) is 11.5. The molecule has 0 amide bonds. The smallest absolute Gasteiger partial charge is 0.311 e. The first-order valence-electron chi connectivity index (χ1n) is 6.97. The molecule has 0 atom stereocenters. The molecule has 0 spiro atoms. The van der Waals surface area contributed by atoms with E-state index in [0.29, 0.717) is 6.42 Å². The first-order valence-corrected chi connectivity index (χ1v) is 8.54. The van der Waals surface area contributed by atoms with Crippen LogP contribution in [0.5, 0.6) is 0 Å². The van der Waals surface area contributed by atoms with Crippen molar-refractivity contribution in [2.45, 2.75) is 71.1 Å². The summed E-state index contributed by atoms with van der Waals surface area (Å²) >= 11 is 0. The predicted octanol–water partition coefficient (Wildman–Crippen LogP) is 3.41. The van der Waals surface area contributed by atoms with Crippen molar-refractivity contribution in [3.8, 4) is 0 Å². The summed E-state index contributed by atoms with van der Waals surface area (Å²) in [5.74, 6) is -0.0533. The van der Waals surface area contributed by atoms with Crippen LogP contribution in [0.25, 0.3) is 0 Å². The Kier molecular flexibility index (Phi) is 11.1. The first-order chi connectivity index (χ1) is 8.62. The molecule has 0 N–H and O–H groups in total. The van der Waals surface area contributed by atoms with Gasteiger partial charge in [-0.15, -0.1) is 0 Å². The van der Waals surface area contributed by atoms with Gasteiger partial charge in [-0.05, 0) is 6.42 Å². The van der Waals surface area contributed by atoms with Crippen molar-refractivity contribution in [1.29, 1.82) is 0 Å². The van der Waals surface area contributed by atoms with Crippen LogP contribution in [-0.4, -0.2) is 20.6 Å². The highest BCUT2D eigenvalue weighted by Crippen LogP contribution is 2.11. The zero-order valence-corrected chi connectivity index (χ0v) is 12.2. The highest BCUT2D eigenvalue weighted by molar-refractivity contribution is 7.87. The SMILES string of the molecule is CCCCCCCCCCCCS(=O)(=O)OC=O. The molecular formula is C13H26O4S. The summed E-state index contributed by atoms with van der Waals surface area (Å²) < 4.78 is 26.0. The minimum atomic E-state index is -3.61. The lowest BCUT2D eigenvalue weighted by Gasteiger charge is -2.02. The lowest BCUT2D eigenvalue weighted by atomic mass is 10.1. The maximum absolute atomic E-state index is 11.0. The quantitative estimate of drug-likeness (QED) is 0.294. The van der Waals surface area contributed by atoms with Crippen LogP contribution in [0.4, 0.5) is 0 Å². The Balaban J connectivity index is 3.23. The van der Waals surface area contributed by atoms with Crippen LogP contribution in [0.2, 0.25) is 0 Å². The van der Waals surface area contributed by atoms with E-state index < -0.39 is 10.1 Å². The van der Waals surface area contributed by atoms with Crippen LogP contribution < -0.4 is 0 Å². The van der Waals surface area contributed by atoms with E-state index in [9.17, 15) is 13.2 Å². The van der Waals surface area contributed by atoms with Gasteiger partial charge >= 0.3 is 16.6 Å². The normalized spacial score (nSPS) is 11.4. The molecule has 0 aliphatic heterocycles. The topological polar surface area (TPSA) is 60.4 Å². The van der Waals surface area contributed by atoms with Crippen LogP contribution in [0.3, 0.4) is 0 Å². The van der Waals surface area contributed by atoms with E-state index in [-0.39, 0.29) is 12.2 Å². The van der Waals surface area contributed by atoms with E-state index in [2.05, 4.69) is 11.1 Å². The van der Waals surface area contributed by atoms with Crippen molar-refractivity contribution in [3.63, 3.8) is 0 Å². The number of carbonyl (C=O) groups excluding carboxylic acids is 1. The molecule has 4 nitrogen and oxygen atoms in total. The summed E-state index contributed by atoms with van der Waals surface area (Å²) in [7, 11) is -3.61. The molecular weight excluding hydrogens is 252 g/mol. The molecule has 0 aromatic rings. The van der Waals surface area contributed by atoms with Gasteiger partial charge in [0.05, 0.1) is 5.75 Å². The predicted molar refractivity (Wildman–Crippen MR) is 72.8 cm³/mol. The second-order valence-corrected chi connectivity index (χ2v) is 6.35. The van der Waals surface area contributed by atoms with Gasteiger partial charge in [0.2, 0.25) is 0 Å². The van der Waals surface area contributed by atoms with Gasteiger partial charge in [-0.25, -0.2) is 0 Å².